The number of ether oxygens (including phenoxy) is 3. The van der Waals surface area contributed by atoms with Crippen molar-refractivity contribution < 1.29 is 14.2 Å². The van der Waals surface area contributed by atoms with Gasteiger partial charge in [-0.05, 0) is 18.6 Å². The van der Waals surface area contributed by atoms with Crippen molar-refractivity contribution in [2.75, 3.05) is 43.5 Å². The molecule has 0 aliphatic carbocycles. The average Bonchev–Trinajstić information content (AvgIpc) is 2.96. The van der Waals surface area contributed by atoms with Crippen LogP contribution in [0.15, 0.2) is 18.2 Å². The SMILES string of the molecule is CCCOc1cc(N2CCC3(CC2)OCCO3)ccc1N. The van der Waals surface area contributed by atoms with Gasteiger partial charge in [0.2, 0.25) is 0 Å². The molecular formula is C16H24N2O3. The van der Waals surface area contributed by atoms with E-state index in [-0.39, 0.29) is 5.79 Å². The van der Waals surface area contributed by atoms with Crippen LogP contribution in [0.25, 0.3) is 0 Å². The van der Waals surface area contributed by atoms with E-state index in [4.69, 9.17) is 19.9 Å². The highest BCUT2D eigenvalue weighted by atomic mass is 16.7. The molecule has 0 radical (unpaired) electrons. The fraction of sp³-hybridized carbons (Fsp3) is 0.625. The van der Waals surface area contributed by atoms with Crippen molar-refractivity contribution in [2.24, 2.45) is 0 Å². The van der Waals surface area contributed by atoms with Gasteiger partial charge in [0.05, 0.1) is 25.5 Å². The maximum atomic E-state index is 5.97. The van der Waals surface area contributed by atoms with Crippen molar-refractivity contribution >= 4 is 11.4 Å². The third-order valence-electron chi connectivity index (χ3n) is 4.16. The Morgan fingerprint density at radius 2 is 1.95 bits per heavy atom. The molecule has 2 N–H and O–H groups in total. The predicted octanol–water partition coefficient (Wildman–Crippen LogP) is 2.40. The summed E-state index contributed by atoms with van der Waals surface area (Å²) in [6, 6.07) is 6.02. The Morgan fingerprint density at radius 1 is 1.24 bits per heavy atom. The number of nitrogens with two attached hydrogens (primary N) is 1. The first-order chi connectivity index (χ1) is 10.2. The molecule has 0 unspecified atom stereocenters. The highest BCUT2D eigenvalue weighted by Crippen LogP contribution is 2.35. The van der Waals surface area contributed by atoms with E-state index >= 15 is 0 Å². The molecule has 3 rings (SSSR count). The highest BCUT2D eigenvalue weighted by Gasteiger charge is 2.39. The van der Waals surface area contributed by atoms with Gasteiger partial charge < -0.3 is 24.8 Å². The minimum Gasteiger partial charge on any atom is -0.491 e. The van der Waals surface area contributed by atoms with Gasteiger partial charge in [0.15, 0.2) is 5.79 Å². The zero-order valence-corrected chi connectivity index (χ0v) is 12.6. The van der Waals surface area contributed by atoms with Crippen molar-refractivity contribution in [1.29, 1.82) is 0 Å². The van der Waals surface area contributed by atoms with Gasteiger partial charge in [-0.3, -0.25) is 0 Å². The minimum atomic E-state index is -0.328. The molecule has 2 fully saturated rings. The van der Waals surface area contributed by atoms with Crippen LogP contribution in [0.4, 0.5) is 11.4 Å². The summed E-state index contributed by atoms with van der Waals surface area (Å²) in [6.07, 6.45) is 2.79. The number of rotatable bonds is 4. The molecule has 116 valence electrons. The zero-order chi connectivity index (χ0) is 14.7. The number of anilines is 2. The standard InChI is InChI=1S/C16H24N2O3/c1-2-9-19-15-12-13(3-4-14(15)17)18-7-5-16(6-8-18)20-10-11-21-16/h3-4,12H,2,5-11,17H2,1H3. The molecular weight excluding hydrogens is 268 g/mol. The first-order valence-electron chi connectivity index (χ1n) is 7.78. The normalized spacial score (nSPS) is 20.9. The van der Waals surface area contributed by atoms with E-state index in [1.54, 1.807) is 0 Å². The van der Waals surface area contributed by atoms with E-state index in [1.807, 2.05) is 12.1 Å². The summed E-state index contributed by atoms with van der Waals surface area (Å²) >= 11 is 0. The van der Waals surface area contributed by atoms with E-state index in [2.05, 4.69) is 17.9 Å². The summed E-state index contributed by atoms with van der Waals surface area (Å²) in [7, 11) is 0. The van der Waals surface area contributed by atoms with Crippen LogP contribution in [-0.2, 0) is 9.47 Å². The van der Waals surface area contributed by atoms with Crippen molar-refractivity contribution in [3.8, 4) is 5.75 Å². The Hall–Kier alpha value is -1.46. The van der Waals surface area contributed by atoms with Crippen molar-refractivity contribution in [1.82, 2.24) is 0 Å². The summed E-state index contributed by atoms with van der Waals surface area (Å²) in [5.41, 5.74) is 7.82. The zero-order valence-electron chi connectivity index (χ0n) is 12.6. The van der Waals surface area contributed by atoms with Crippen LogP contribution >= 0.6 is 0 Å². The fourth-order valence-corrected chi connectivity index (χ4v) is 2.95. The Bertz CT molecular complexity index is 476. The Morgan fingerprint density at radius 3 is 2.62 bits per heavy atom. The van der Waals surface area contributed by atoms with Gasteiger partial charge in [0.1, 0.15) is 5.75 Å². The molecule has 2 aliphatic rings. The minimum absolute atomic E-state index is 0.328. The van der Waals surface area contributed by atoms with Crippen LogP contribution in [0.2, 0.25) is 0 Å². The third-order valence-corrected chi connectivity index (χ3v) is 4.16. The molecule has 5 heteroatoms. The van der Waals surface area contributed by atoms with Gasteiger partial charge in [-0.15, -0.1) is 0 Å². The van der Waals surface area contributed by atoms with Crippen molar-refractivity contribution in [2.45, 2.75) is 32.0 Å². The van der Waals surface area contributed by atoms with E-state index in [0.717, 1.165) is 57.0 Å². The first-order valence-corrected chi connectivity index (χ1v) is 7.78. The lowest BCUT2D eigenvalue weighted by Gasteiger charge is -2.38. The van der Waals surface area contributed by atoms with E-state index < -0.39 is 0 Å². The summed E-state index contributed by atoms with van der Waals surface area (Å²) < 4.78 is 17.2. The molecule has 2 aliphatic heterocycles. The Labute approximate surface area is 126 Å². The smallest absolute Gasteiger partial charge is 0.171 e. The van der Waals surface area contributed by atoms with Crippen LogP contribution in [-0.4, -0.2) is 38.7 Å². The molecule has 0 atom stereocenters. The predicted molar refractivity (Wildman–Crippen MR) is 82.7 cm³/mol. The van der Waals surface area contributed by atoms with Gasteiger partial charge in [0, 0.05) is 37.7 Å². The number of piperidine rings is 1. The Balaban J connectivity index is 1.67. The van der Waals surface area contributed by atoms with Crippen LogP contribution < -0.4 is 15.4 Å². The number of hydrogen-bond donors (Lipinski definition) is 1. The van der Waals surface area contributed by atoms with Gasteiger partial charge in [-0.1, -0.05) is 6.92 Å². The molecule has 0 bridgehead atoms. The molecule has 2 heterocycles. The van der Waals surface area contributed by atoms with Gasteiger partial charge in [0.25, 0.3) is 0 Å². The average molecular weight is 292 g/mol. The van der Waals surface area contributed by atoms with Crippen LogP contribution in [0.1, 0.15) is 26.2 Å². The van der Waals surface area contributed by atoms with Crippen LogP contribution in [0, 0.1) is 0 Å². The maximum Gasteiger partial charge on any atom is 0.171 e. The monoisotopic (exact) mass is 292 g/mol. The molecule has 0 amide bonds. The van der Waals surface area contributed by atoms with Crippen molar-refractivity contribution in [3.63, 3.8) is 0 Å². The van der Waals surface area contributed by atoms with Crippen LogP contribution in [0.3, 0.4) is 0 Å². The van der Waals surface area contributed by atoms with E-state index in [9.17, 15) is 0 Å². The molecule has 0 saturated carbocycles. The highest BCUT2D eigenvalue weighted by molar-refractivity contribution is 5.62. The molecule has 21 heavy (non-hydrogen) atoms. The molecule has 1 aromatic carbocycles. The second kappa shape index (κ2) is 6.12. The Kier molecular flexibility index (Phi) is 4.22. The third kappa shape index (κ3) is 3.09. The maximum absolute atomic E-state index is 5.97. The lowest BCUT2D eigenvalue weighted by molar-refractivity contribution is -0.169. The lowest BCUT2D eigenvalue weighted by atomic mass is 10.0. The topological polar surface area (TPSA) is 57.0 Å². The van der Waals surface area contributed by atoms with Gasteiger partial charge >= 0.3 is 0 Å². The summed E-state index contributed by atoms with van der Waals surface area (Å²) in [6.45, 7) is 6.08. The fourth-order valence-electron chi connectivity index (χ4n) is 2.95. The van der Waals surface area contributed by atoms with Gasteiger partial charge in [-0.2, -0.15) is 0 Å². The quantitative estimate of drug-likeness (QED) is 0.864. The molecule has 1 aromatic rings. The summed E-state index contributed by atoms with van der Waals surface area (Å²) in [5.74, 6) is 0.453. The van der Waals surface area contributed by atoms with E-state index in [0.29, 0.717) is 12.3 Å². The van der Waals surface area contributed by atoms with Crippen molar-refractivity contribution in [3.05, 3.63) is 18.2 Å². The number of nitrogen functional groups attached to an aromatic ring is 1. The number of benzene rings is 1. The molecule has 5 nitrogen and oxygen atoms in total. The number of hydrogen-bond acceptors (Lipinski definition) is 5. The van der Waals surface area contributed by atoms with Gasteiger partial charge in [-0.25, -0.2) is 0 Å². The molecule has 1 spiro atoms. The summed E-state index contributed by atoms with van der Waals surface area (Å²) in [5, 5.41) is 0. The second-order valence-electron chi connectivity index (χ2n) is 5.67. The largest absolute Gasteiger partial charge is 0.491 e. The van der Waals surface area contributed by atoms with Crippen LogP contribution in [0.5, 0.6) is 5.75 Å². The summed E-state index contributed by atoms with van der Waals surface area (Å²) in [4.78, 5) is 2.34. The van der Waals surface area contributed by atoms with E-state index in [1.165, 1.54) is 0 Å². The molecule has 0 aromatic heterocycles. The lowest BCUT2D eigenvalue weighted by Crippen LogP contribution is -2.45. The first kappa shape index (κ1) is 14.5. The number of nitrogens with zero attached hydrogens (tertiary/aromatic N) is 1. The molecule has 2 saturated heterocycles. The second-order valence-corrected chi connectivity index (χ2v) is 5.67.